The molecule has 0 aliphatic carbocycles. The van der Waals surface area contributed by atoms with Gasteiger partial charge in [0.2, 0.25) is 5.89 Å². The number of aromatic nitrogens is 1. The normalized spacial score (nSPS) is 13.2. The van der Waals surface area contributed by atoms with E-state index in [2.05, 4.69) is 10.3 Å². The Balaban J connectivity index is 2.54. The molecule has 0 saturated heterocycles. The van der Waals surface area contributed by atoms with E-state index in [1.165, 1.54) is 6.26 Å². The third-order valence-electron chi connectivity index (χ3n) is 1.84. The second-order valence-electron chi connectivity index (χ2n) is 4.70. The van der Waals surface area contributed by atoms with Gasteiger partial charge in [0.25, 0.3) is 0 Å². The summed E-state index contributed by atoms with van der Waals surface area (Å²) in [5, 5.41) is 11.4. The van der Waals surface area contributed by atoms with Crippen LogP contribution < -0.4 is 5.32 Å². The molecule has 0 bridgehead atoms. The highest BCUT2D eigenvalue weighted by atomic mass is 16.6. The zero-order valence-electron chi connectivity index (χ0n) is 10.5. The quantitative estimate of drug-likeness (QED) is 0.843. The van der Waals surface area contributed by atoms with E-state index in [9.17, 15) is 4.79 Å². The number of hydrogen-bond donors (Lipinski definition) is 2. The molecule has 1 atom stereocenters. The van der Waals surface area contributed by atoms with Crippen LogP contribution in [0.1, 0.15) is 45.3 Å². The van der Waals surface area contributed by atoms with E-state index in [0.29, 0.717) is 11.6 Å². The Hall–Kier alpha value is -1.56. The molecule has 1 aromatic rings. The first kappa shape index (κ1) is 13.5. The van der Waals surface area contributed by atoms with E-state index in [4.69, 9.17) is 14.3 Å². The van der Waals surface area contributed by atoms with Gasteiger partial charge in [0.1, 0.15) is 23.6 Å². The SMILES string of the molecule is CC(NC(=O)OC(C)(C)C)c1nc(CO)co1. The standard InChI is InChI=1S/C11H18N2O4/c1-7(9-13-8(5-14)6-16-9)12-10(15)17-11(2,3)4/h6-7,14H,5H2,1-4H3,(H,12,15). The minimum Gasteiger partial charge on any atom is -0.446 e. The number of carbonyl (C=O) groups is 1. The fourth-order valence-corrected chi connectivity index (χ4v) is 1.14. The highest BCUT2D eigenvalue weighted by Crippen LogP contribution is 2.13. The number of aliphatic hydroxyl groups excluding tert-OH is 1. The van der Waals surface area contributed by atoms with Gasteiger partial charge in [-0.1, -0.05) is 0 Å². The molecule has 2 N–H and O–H groups in total. The van der Waals surface area contributed by atoms with Crippen molar-refractivity contribution in [2.75, 3.05) is 0 Å². The van der Waals surface area contributed by atoms with Crippen LogP contribution in [0.25, 0.3) is 0 Å². The topological polar surface area (TPSA) is 84.6 Å². The molecule has 0 radical (unpaired) electrons. The molecule has 17 heavy (non-hydrogen) atoms. The summed E-state index contributed by atoms with van der Waals surface area (Å²) in [6.07, 6.45) is 0.816. The van der Waals surface area contributed by atoms with Crippen molar-refractivity contribution in [2.24, 2.45) is 0 Å². The third-order valence-corrected chi connectivity index (χ3v) is 1.84. The Morgan fingerprint density at radius 2 is 2.29 bits per heavy atom. The first-order chi connectivity index (χ1) is 7.81. The highest BCUT2D eigenvalue weighted by Gasteiger charge is 2.20. The molecule has 1 heterocycles. The largest absolute Gasteiger partial charge is 0.446 e. The summed E-state index contributed by atoms with van der Waals surface area (Å²) in [7, 11) is 0. The van der Waals surface area contributed by atoms with Gasteiger partial charge >= 0.3 is 6.09 Å². The summed E-state index contributed by atoms with van der Waals surface area (Å²) >= 11 is 0. The van der Waals surface area contributed by atoms with Crippen LogP contribution in [0.3, 0.4) is 0 Å². The number of aliphatic hydroxyl groups is 1. The van der Waals surface area contributed by atoms with Crippen molar-refractivity contribution in [3.05, 3.63) is 17.8 Å². The van der Waals surface area contributed by atoms with Gasteiger partial charge in [0, 0.05) is 0 Å². The van der Waals surface area contributed by atoms with Gasteiger partial charge in [0.15, 0.2) is 0 Å². The second kappa shape index (κ2) is 5.18. The molecule has 0 aliphatic rings. The Morgan fingerprint density at radius 1 is 1.65 bits per heavy atom. The second-order valence-corrected chi connectivity index (χ2v) is 4.70. The first-order valence-electron chi connectivity index (χ1n) is 5.36. The Morgan fingerprint density at radius 3 is 2.76 bits per heavy atom. The fraction of sp³-hybridized carbons (Fsp3) is 0.636. The van der Waals surface area contributed by atoms with Crippen LogP contribution in [0, 0.1) is 0 Å². The van der Waals surface area contributed by atoms with Gasteiger partial charge in [-0.2, -0.15) is 0 Å². The van der Waals surface area contributed by atoms with E-state index in [1.54, 1.807) is 27.7 Å². The van der Waals surface area contributed by atoms with Gasteiger partial charge < -0.3 is 19.6 Å². The minimum absolute atomic E-state index is 0.192. The van der Waals surface area contributed by atoms with Crippen molar-refractivity contribution < 1.29 is 19.1 Å². The summed E-state index contributed by atoms with van der Waals surface area (Å²) in [5.41, 5.74) is -0.116. The minimum atomic E-state index is -0.545. The number of ether oxygens (including phenoxy) is 1. The summed E-state index contributed by atoms with van der Waals surface area (Å²) < 4.78 is 10.2. The molecular weight excluding hydrogens is 224 g/mol. The molecule has 96 valence electrons. The van der Waals surface area contributed by atoms with E-state index < -0.39 is 17.7 Å². The predicted molar refractivity (Wildman–Crippen MR) is 60.2 cm³/mol. The Labute approximate surface area is 100.0 Å². The van der Waals surface area contributed by atoms with Gasteiger partial charge in [-0.05, 0) is 27.7 Å². The van der Waals surface area contributed by atoms with Gasteiger partial charge in [-0.25, -0.2) is 9.78 Å². The molecule has 0 saturated carbocycles. The van der Waals surface area contributed by atoms with Crippen LogP contribution in [0.4, 0.5) is 4.79 Å². The number of amides is 1. The van der Waals surface area contributed by atoms with Crippen LogP contribution in [-0.2, 0) is 11.3 Å². The maximum Gasteiger partial charge on any atom is 0.408 e. The average Bonchev–Trinajstić information content (AvgIpc) is 2.62. The van der Waals surface area contributed by atoms with Gasteiger partial charge in [0.05, 0.1) is 6.61 Å². The molecule has 1 rings (SSSR count). The number of nitrogens with zero attached hydrogens (tertiary/aromatic N) is 1. The van der Waals surface area contributed by atoms with Crippen molar-refractivity contribution in [2.45, 2.75) is 45.9 Å². The number of nitrogens with one attached hydrogen (secondary N) is 1. The molecule has 0 aromatic carbocycles. The molecule has 1 amide bonds. The molecule has 0 fully saturated rings. The van der Waals surface area contributed by atoms with E-state index >= 15 is 0 Å². The zero-order valence-corrected chi connectivity index (χ0v) is 10.5. The number of rotatable bonds is 3. The number of hydrogen-bond acceptors (Lipinski definition) is 5. The highest BCUT2D eigenvalue weighted by molar-refractivity contribution is 5.68. The lowest BCUT2D eigenvalue weighted by Gasteiger charge is -2.20. The summed E-state index contributed by atoms with van der Waals surface area (Å²) in [5.74, 6) is 0.333. The molecule has 0 aliphatic heterocycles. The van der Waals surface area contributed by atoms with Crippen LogP contribution in [-0.4, -0.2) is 21.8 Å². The van der Waals surface area contributed by atoms with Crippen LogP contribution in [0.5, 0.6) is 0 Å². The van der Waals surface area contributed by atoms with Crippen molar-refractivity contribution in [3.63, 3.8) is 0 Å². The monoisotopic (exact) mass is 242 g/mol. The lowest BCUT2D eigenvalue weighted by molar-refractivity contribution is 0.0501. The lowest BCUT2D eigenvalue weighted by Crippen LogP contribution is -2.34. The smallest absolute Gasteiger partial charge is 0.408 e. The van der Waals surface area contributed by atoms with Gasteiger partial charge in [-0.15, -0.1) is 0 Å². The zero-order chi connectivity index (χ0) is 13.1. The first-order valence-corrected chi connectivity index (χ1v) is 5.36. The average molecular weight is 242 g/mol. The predicted octanol–water partition coefficient (Wildman–Crippen LogP) is 1.75. The fourth-order valence-electron chi connectivity index (χ4n) is 1.14. The van der Waals surface area contributed by atoms with E-state index in [0.717, 1.165) is 0 Å². The molecule has 0 spiro atoms. The van der Waals surface area contributed by atoms with Gasteiger partial charge in [-0.3, -0.25) is 0 Å². The number of alkyl carbamates (subject to hydrolysis) is 1. The summed E-state index contributed by atoms with van der Waals surface area (Å²) in [6, 6.07) is -0.412. The number of carbonyl (C=O) groups excluding carboxylic acids is 1. The van der Waals surface area contributed by atoms with Crippen molar-refractivity contribution in [1.29, 1.82) is 0 Å². The van der Waals surface area contributed by atoms with Crippen LogP contribution in [0.15, 0.2) is 10.7 Å². The Bertz CT molecular complexity index is 381. The number of oxazole rings is 1. The molecular formula is C11H18N2O4. The summed E-state index contributed by atoms with van der Waals surface area (Å²) in [6.45, 7) is 6.88. The maximum absolute atomic E-state index is 11.5. The molecule has 6 heteroatoms. The van der Waals surface area contributed by atoms with E-state index in [-0.39, 0.29) is 6.61 Å². The van der Waals surface area contributed by atoms with Crippen molar-refractivity contribution >= 4 is 6.09 Å². The third kappa shape index (κ3) is 4.44. The molecule has 1 unspecified atom stereocenters. The van der Waals surface area contributed by atoms with Crippen molar-refractivity contribution in [1.82, 2.24) is 10.3 Å². The van der Waals surface area contributed by atoms with Crippen LogP contribution in [0.2, 0.25) is 0 Å². The molecule has 6 nitrogen and oxygen atoms in total. The summed E-state index contributed by atoms with van der Waals surface area (Å²) in [4.78, 5) is 15.5. The van der Waals surface area contributed by atoms with Crippen molar-refractivity contribution in [3.8, 4) is 0 Å². The van der Waals surface area contributed by atoms with Crippen LogP contribution >= 0.6 is 0 Å². The van der Waals surface area contributed by atoms with E-state index in [1.807, 2.05) is 0 Å². The maximum atomic E-state index is 11.5. The Kier molecular flexibility index (Phi) is 4.11. The lowest BCUT2D eigenvalue weighted by atomic mass is 10.2. The molecule has 1 aromatic heterocycles.